The molecule has 1 rings (SSSR count). The van der Waals surface area contributed by atoms with E-state index >= 15 is 0 Å². The van der Waals surface area contributed by atoms with Crippen molar-refractivity contribution in [2.24, 2.45) is 4.99 Å². The standard InChI is InChI=1S/C13H21N3O.HI/c1-11-5-4-6-12(9-11)10-16-13(14-2)15-7-8-17-3;/h4-6,9H,7-8,10H2,1-3H3,(H2,14,15,16);1H. The molecule has 2 N–H and O–H groups in total. The fourth-order valence-electron chi connectivity index (χ4n) is 1.50. The summed E-state index contributed by atoms with van der Waals surface area (Å²) in [4.78, 5) is 4.14. The molecular weight excluding hydrogens is 341 g/mol. The van der Waals surface area contributed by atoms with Crippen LogP contribution >= 0.6 is 24.0 Å². The third kappa shape index (κ3) is 6.80. The van der Waals surface area contributed by atoms with Crippen LogP contribution in [0.15, 0.2) is 29.3 Å². The molecule has 5 heteroatoms. The van der Waals surface area contributed by atoms with Crippen LogP contribution in [-0.4, -0.2) is 33.3 Å². The van der Waals surface area contributed by atoms with Crippen LogP contribution in [0.3, 0.4) is 0 Å². The molecule has 0 saturated heterocycles. The highest BCUT2D eigenvalue weighted by atomic mass is 127. The van der Waals surface area contributed by atoms with Gasteiger partial charge < -0.3 is 15.4 Å². The van der Waals surface area contributed by atoms with Gasteiger partial charge in [0.15, 0.2) is 5.96 Å². The summed E-state index contributed by atoms with van der Waals surface area (Å²) in [5.41, 5.74) is 2.52. The lowest BCUT2D eigenvalue weighted by Gasteiger charge is -2.11. The van der Waals surface area contributed by atoms with Crippen molar-refractivity contribution in [3.05, 3.63) is 35.4 Å². The molecule has 102 valence electrons. The first-order valence-corrected chi connectivity index (χ1v) is 5.75. The van der Waals surface area contributed by atoms with E-state index in [1.807, 2.05) is 0 Å². The molecule has 0 aliphatic rings. The van der Waals surface area contributed by atoms with E-state index in [2.05, 4.69) is 46.8 Å². The summed E-state index contributed by atoms with van der Waals surface area (Å²) in [5, 5.41) is 6.42. The van der Waals surface area contributed by atoms with E-state index in [9.17, 15) is 0 Å². The third-order valence-electron chi connectivity index (χ3n) is 2.36. The summed E-state index contributed by atoms with van der Waals surface area (Å²) in [7, 11) is 3.45. The number of hydrogen-bond acceptors (Lipinski definition) is 2. The Morgan fingerprint density at radius 3 is 2.72 bits per heavy atom. The fraction of sp³-hybridized carbons (Fsp3) is 0.462. The first-order chi connectivity index (χ1) is 8.26. The summed E-state index contributed by atoms with van der Waals surface area (Å²) < 4.78 is 4.97. The Morgan fingerprint density at radius 1 is 1.33 bits per heavy atom. The van der Waals surface area contributed by atoms with Crippen molar-refractivity contribution in [3.63, 3.8) is 0 Å². The van der Waals surface area contributed by atoms with Crippen LogP contribution in [0.1, 0.15) is 11.1 Å². The first-order valence-electron chi connectivity index (χ1n) is 5.75. The van der Waals surface area contributed by atoms with E-state index in [0.717, 1.165) is 19.0 Å². The number of hydrogen-bond donors (Lipinski definition) is 2. The van der Waals surface area contributed by atoms with Crippen molar-refractivity contribution in [2.45, 2.75) is 13.5 Å². The Balaban J connectivity index is 0.00000289. The molecule has 0 bridgehead atoms. The average Bonchev–Trinajstić information content (AvgIpc) is 2.34. The van der Waals surface area contributed by atoms with Gasteiger partial charge in [-0.3, -0.25) is 4.99 Å². The molecule has 0 amide bonds. The lowest BCUT2D eigenvalue weighted by molar-refractivity contribution is 0.203. The van der Waals surface area contributed by atoms with Gasteiger partial charge in [0.25, 0.3) is 0 Å². The molecule has 0 atom stereocenters. The molecule has 4 nitrogen and oxygen atoms in total. The van der Waals surface area contributed by atoms with Crippen molar-refractivity contribution in [2.75, 3.05) is 27.3 Å². The van der Waals surface area contributed by atoms with Crippen LogP contribution < -0.4 is 10.6 Å². The number of halogens is 1. The number of nitrogens with one attached hydrogen (secondary N) is 2. The van der Waals surface area contributed by atoms with E-state index in [1.165, 1.54) is 11.1 Å². The zero-order valence-electron chi connectivity index (χ0n) is 11.2. The van der Waals surface area contributed by atoms with Crippen LogP contribution in [0.25, 0.3) is 0 Å². The SMILES string of the molecule is CN=C(NCCOC)NCc1cccc(C)c1.I. The number of guanidine groups is 1. The number of rotatable bonds is 5. The van der Waals surface area contributed by atoms with Crippen molar-refractivity contribution >= 4 is 29.9 Å². The molecule has 0 aromatic heterocycles. The quantitative estimate of drug-likeness (QED) is 0.364. The highest BCUT2D eigenvalue weighted by Gasteiger charge is 1.97. The maximum atomic E-state index is 4.97. The average molecular weight is 363 g/mol. The minimum Gasteiger partial charge on any atom is -0.383 e. The predicted molar refractivity (Wildman–Crippen MR) is 86.7 cm³/mol. The minimum absolute atomic E-state index is 0. The van der Waals surface area contributed by atoms with Gasteiger partial charge in [0.1, 0.15) is 0 Å². The maximum absolute atomic E-state index is 4.97. The Labute approximate surface area is 126 Å². The normalized spacial score (nSPS) is 10.7. The highest BCUT2D eigenvalue weighted by Crippen LogP contribution is 2.02. The highest BCUT2D eigenvalue weighted by molar-refractivity contribution is 14.0. The zero-order valence-corrected chi connectivity index (χ0v) is 13.5. The summed E-state index contributed by atoms with van der Waals surface area (Å²) in [6.07, 6.45) is 0. The Hall–Kier alpha value is -0.820. The monoisotopic (exact) mass is 363 g/mol. The molecule has 0 unspecified atom stereocenters. The number of nitrogens with zero attached hydrogens (tertiary/aromatic N) is 1. The molecule has 0 saturated carbocycles. The molecular formula is C13H22IN3O. The second-order valence-corrected chi connectivity index (χ2v) is 3.83. The van der Waals surface area contributed by atoms with Gasteiger partial charge in [0.05, 0.1) is 6.61 Å². The molecule has 0 fully saturated rings. The maximum Gasteiger partial charge on any atom is 0.191 e. The summed E-state index contributed by atoms with van der Waals surface area (Å²) in [5.74, 6) is 0.795. The van der Waals surface area contributed by atoms with Gasteiger partial charge in [-0.2, -0.15) is 0 Å². The molecule has 1 aromatic carbocycles. The number of ether oxygens (including phenoxy) is 1. The van der Waals surface area contributed by atoms with Crippen molar-refractivity contribution < 1.29 is 4.74 Å². The molecule has 0 spiro atoms. The topological polar surface area (TPSA) is 45.7 Å². The summed E-state index contributed by atoms with van der Waals surface area (Å²) in [6, 6.07) is 8.42. The van der Waals surface area contributed by atoms with Gasteiger partial charge in [0, 0.05) is 27.2 Å². The second kappa shape index (κ2) is 10.1. The fourth-order valence-corrected chi connectivity index (χ4v) is 1.50. The molecule has 0 aliphatic carbocycles. The van der Waals surface area contributed by atoms with Gasteiger partial charge in [-0.05, 0) is 12.5 Å². The molecule has 18 heavy (non-hydrogen) atoms. The molecule has 1 aromatic rings. The van der Waals surface area contributed by atoms with Crippen LogP contribution in [0, 0.1) is 6.92 Å². The van der Waals surface area contributed by atoms with Gasteiger partial charge >= 0.3 is 0 Å². The predicted octanol–water partition coefficient (Wildman–Crippen LogP) is 1.92. The number of aliphatic imine (C=N–C) groups is 1. The second-order valence-electron chi connectivity index (χ2n) is 3.83. The summed E-state index contributed by atoms with van der Waals surface area (Å²) in [6.45, 7) is 4.29. The Kier molecular flexibility index (Phi) is 9.67. The molecule has 0 radical (unpaired) electrons. The van der Waals surface area contributed by atoms with Crippen LogP contribution in [0.5, 0.6) is 0 Å². The molecule has 0 heterocycles. The first kappa shape index (κ1) is 17.2. The zero-order chi connectivity index (χ0) is 12.5. The van der Waals surface area contributed by atoms with Gasteiger partial charge in [-0.15, -0.1) is 24.0 Å². The van der Waals surface area contributed by atoms with Gasteiger partial charge in [-0.1, -0.05) is 29.8 Å². The van der Waals surface area contributed by atoms with Gasteiger partial charge in [0.2, 0.25) is 0 Å². The van der Waals surface area contributed by atoms with E-state index in [0.29, 0.717) is 6.61 Å². The lowest BCUT2D eigenvalue weighted by Crippen LogP contribution is -2.38. The minimum atomic E-state index is 0. The number of aryl methyl sites for hydroxylation is 1. The van der Waals surface area contributed by atoms with Crippen LogP contribution in [-0.2, 0) is 11.3 Å². The van der Waals surface area contributed by atoms with Crippen LogP contribution in [0.2, 0.25) is 0 Å². The van der Waals surface area contributed by atoms with E-state index in [4.69, 9.17) is 4.74 Å². The van der Waals surface area contributed by atoms with E-state index < -0.39 is 0 Å². The van der Waals surface area contributed by atoms with Crippen molar-refractivity contribution in [3.8, 4) is 0 Å². The smallest absolute Gasteiger partial charge is 0.191 e. The Bertz CT molecular complexity index is 369. The van der Waals surface area contributed by atoms with Crippen molar-refractivity contribution in [1.29, 1.82) is 0 Å². The lowest BCUT2D eigenvalue weighted by atomic mass is 10.1. The molecule has 0 aliphatic heterocycles. The van der Waals surface area contributed by atoms with E-state index in [-0.39, 0.29) is 24.0 Å². The van der Waals surface area contributed by atoms with Gasteiger partial charge in [-0.25, -0.2) is 0 Å². The summed E-state index contributed by atoms with van der Waals surface area (Å²) >= 11 is 0. The van der Waals surface area contributed by atoms with E-state index in [1.54, 1.807) is 14.2 Å². The van der Waals surface area contributed by atoms with Crippen molar-refractivity contribution in [1.82, 2.24) is 10.6 Å². The Morgan fingerprint density at radius 2 is 2.11 bits per heavy atom. The van der Waals surface area contributed by atoms with Crippen LogP contribution in [0.4, 0.5) is 0 Å². The number of methoxy groups -OCH3 is 1. The third-order valence-corrected chi connectivity index (χ3v) is 2.36. The number of benzene rings is 1. The largest absolute Gasteiger partial charge is 0.383 e.